The van der Waals surface area contributed by atoms with Gasteiger partial charge in [0.15, 0.2) is 0 Å². The Kier molecular flexibility index (Phi) is 4.02. The standard InChI is InChI=1S/C26H24/c1-3-8-19(9-4-1)14-16-23-24(17-15-20-10-5-2-6-11-20)26-18-25(23)21-12-7-13-22(21)26/h1-12,15,17,21-26H,13,18H2/b17-15+/t21-,22+,23-,24+,25+,26-/m1/s1. The fraction of sp³-hybridized carbons (Fsp3) is 0.308. The smallest absolute Gasteiger partial charge is 0.0306 e. The van der Waals surface area contributed by atoms with Crippen molar-refractivity contribution in [2.24, 2.45) is 35.5 Å². The van der Waals surface area contributed by atoms with Gasteiger partial charge in [-0.25, -0.2) is 0 Å². The van der Waals surface area contributed by atoms with Gasteiger partial charge in [0.05, 0.1) is 0 Å². The van der Waals surface area contributed by atoms with E-state index in [9.17, 15) is 0 Å². The van der Waals surface area contributed by atoms with Gasteiger partial charge in [0.2, 0.25) is 0 Å². The molecule has 0 amide bonds. The zero-order valence-corrected chi connectivity index (χ0v) is 15.0. The Morgan fingerprint density at radius 1 is 0.846 bits per heavy atom. The molecule has 6 atom stereocenters. The summed E-state index contributed by atoms with van der Waals surface area (Å²) in [6.07, 6.45) is 12.3. The van der Waals surface area contributed by atoms with E-state index in [1.807, 2.05) is 0 Å². The summed E-state index contributed by atoms with van der Waals surface area (Å²) in [6.45, 7) is 0. The molecule has 128 valence electrons. The lowest BCUT2D eigenvalue weighted by Crippen LogP contribution is -2.30. The number of allylic oxidation sites excluding steroid dienone is 3. The highest BCUT2D eigenvalue weighted by molar-refractivity contribution is 5.50. The number of rotatable bonds is 2. The Morgan fingerprint density at radius 2 is 1.62 bits per heavy atom. The maximum absolute atomic E-state index is 3.69. The molecule has 26 heavy (non-hydrogen) atoms. The topological polar surface area (TPSA) is 0 Å². The highest BCUT2D eigenvalue weighted by Crippen LogP contribution is 2.61. The van der Waals surface area contributed by atoms with Gasteiger partial charge in [-0.1, -0.05) is 84.7 Å². The molecule has 0 heteroatoms. The van der Waals surface area contributed by atoms with Crippen LogP contribution in [-0.2, 0) is 0 Å². The minimum absolute atomic E-state index is 0.490. The number of fused-ring (bicyclic) bond motifs is 5. The van der Waals surface area contributed by atoms with E-state index in [0.717, 1.165) is 29.2 Å². The molecule has 2 bridgehead atoms. The van der Waals surface area contributed by atoms with E-state index in [-0.39, 0.29) is 0 Å². The fourth-order valence-corrected chi connectivity index (χ4v) is 5.58. The number of hydrogen-bond acceptors (Lipinski definition) is 0. The molecule has 0 spiro atoms. The first-order valence-electron chi connectivity index (χ1n) is 9.87. The van der Waals surface area contributed by atoms with Gasteiger partial charge in [0, 0.05) is 11.5 Å². The van der Waals surface area contributed by atoms with Crippen LogP contribution < -0.4 is 0 Å². The summed E-state index contributed by atoms with van der Waals surface area (Å²) >= 11 is 0. The van der Waals surface area contributed by atoms with Gasteiger partial charge in [0.1, 0.15) is 0 Å². The molecule has 0 aromatic heterocycles. The lowest BCUT2D eigenvalue weighted by atomic mass is 9.69. The van der Waals surface area contributed by atoms with Gasteiger partial charge in [-0.2, -0.15) is 0 Å². The third kappa shape index (κ3) is 2.73. The van der Waals surface area contributed by atoms with Crippen LogP contribution in [-0.4, -0.2) is 0 Å². The summed E-state index contributed by atoms with van der Waals surface area (Å²) in [6, 6.07) is 21.1. The molecule has 0 N–H and O–H groups in total. The summed E-state index contributed by atoms with van der Waals surface area (Å²) in [4.78, 5) is 0. The van der Waals surface area contributed by atoms with Crippen LogP contribution in [0.5, 0.6) is 0 Å². The van der Waals surface area contributed by atoms with Crippen molar-refractivity contribution >= 4 is 6.08 Å². The summed E-state index contributed by atoms with van der Waals surface area (Å²) in [5, 5.41) is 0. The summed E-state index contributed by atoms with van der Waals surface area (Å²) in [5.74, 6) is 11.4. The van der Waals surface area contributed by atoms with Gasteiger partial charge in [-0.3, -0.25) is 0 Å². The molecule has 0 nitrogen and oxygen atoms in total. The SMILES string of the molecule is C(#C[C@@H]1[C@H](/C=C/c2ccccc2)[C@@H]2C[C@H]1[C@@H]1C=CC[C@@H]12)c1ccccc1. The molecule has 0 aliphatic heterocycles. The molecule has 3 aliphatic rings. The van der Waals surface area contributed by atoms with Crippen LogP contribution >= 0.6 is 0 Å². The van der Waals surface area contributed by atoms with Crippen molar-refractivity contribution in [3.8, 4) is 11.8 Å². The van der Waals surface area contributed by atoms with Crippen LogP contribution in [0.4, 0.5) is 0 Å². The molecule has 2 fully saturated rings. The van der Waals surface area contributed by atoms with Crippen LogP contribution in [0.25, 0.3) is 6.08 Å². The monoisotopic (exact) mass is 336 g/mol. The Hall–Kier alpha value is -2.52. The predicted octanol–water partition coefficient (Wildman–Crippen LogP) is 5.83. The second-order valence-corrected chi connectivity index (χ2v) is 7.98. The normalized spacial score (nSPS) is 34.0. The quantitative estimate of drug-likeness (QED) is 0.478. The van der Waals surface area contributed by atoms with E-state index in [2.05, 4.69) is 96.8 Å². The molecule has 0 radical (unpaired) electrons. The zero-order chi connectivity index (χ0) is 17.3. The van der Waals surface area contributed by atoms with Crippen LogP contribution in [0, 0.1) is 47.3 Å². The van der Waals surface area contributed by atoms with E-state index >= 15 is 0 Å². The molecule has 2 aromatic rings. The van der Waals surface area contributed by atoms with Gasteiger partial charge in [0.25, 0.3) is 0 Å². The average molecular weight is 336 g/mol. The molecule has 5 rings (SSSR count). The summed E-state index contributed by atoms with van der Waals surface area (Å²) in [7, 11) is 0. The summed E-state index contributed by atoms with van der Waals surface area (Å²) < 4.78 is 0. The molecule has 0 saturated heterocycles. The highest BCUT2D eigenvalue weighted by Gasteiger charge is 2.56. The van der Waals surface area contributed by atoms with Crippen LogP contribution in [0.3, 0.4) is 0 Å². The van der Waals surface area contributed by atoms with Gasteiger partial charge in [-0.05, 0) is 60.1 Å². The van der Waals surface area contributed by atoms with E-state index < -0.39 is 0 Å². The summed E-state index contributed by atoms with van der Waals surface area (Å²) in [5.41, 5.74) is 2.44. The average Bonchev–Trinajstić information content (AvgIpc) is 3.38. The largest absolute Gasteiger partial charge is 0.0935 e. The van der Waals surface area contributed by atoms with Crippen LogP contribution in [0.1, 0.15) is 24.0 Å². The fourth-order valence-electron chi connectivity index (χ4n) is 5.58. The molecular formula is C26H24. The van der Waals surface area contributed by atoms with Gasteiger partial charge >= 0.3 is 0 Å². The van der Waals surface area contributed by atoms with Gasteiger partial charge < -0.3 is 0 Å². The Labute approximate surface area is 156 Å². The molecule has 2 saturated carbocycles. The van der Waals surface area contributed by atoms with Crippen molar-refractivity contribution in [3.05, 3.63) is 90.0 Å². The predicted molar refractivity (Wildman–Crippen MR) is 108 cm³/mol. The molecule has 0 unspecified atom stereocenters. The second kappa shape index (κ2) is 6.65. The van der Waals surface area contributed by atoms with Crippen molar-refractivity contribution < 1.29 is 0 Å². The minimum Gasteiger partial charge on any atom is -0.0935 e. The van der Waals surface area contributed by atoms with Gasteiger partial charge in [-0.15, -0.1) is 0 Å². The van der Waals surface area contributed by atoms with E-state index in [1.165, 1.54) is 18.4 Å². The molecule has 0 heterocycles. The third-order valence-electron chi connectivity index (χ3n) is 6.69. The Morgan fingerprint density at radius 3 is 2.42 bits per heavy atom. The maximum Gasteiger partial charge on any atom is 0.0306 e. The Balaban J connectivity index is 1.45. The molecular weight excluding hydrogens is 312 g/mol. The number of hydrogen-bond donors (Lipinski definition) is 0. The van der Waals surface area contributed by atoms with Crippen molar-refractivity contribution in [2.45, 2.75) is 12.8 Å². The van der Waals surface area contributed by atoms with Crippen LogP contribution in [0.15, 0.2) is 78.9 Å². The Bertz CT molecular complexity index is 878. The molecule has 2 aromatic carbocycles. The first-order chi connectivity index (χ1) is 12.9. The third-order valence-corrected chi connectivity index (χ3v) is 6.69. The number of benzene rings is 2. The van der Waals surface area contributed by atoms with Crippen LogP contribution in [0.2, 0.25) is 0 Å². The highest BCUT2D eigenvalue weighted by atomic mass is 14.6. The lowest BCUT2D eigenvalue weighted by molar-refractivity contribution is 0.199. The van der Waals surface area contributed by atoms with E-state index in [1.54, 1.807) is 0 Å². The minimum atomic E-state index is 0.490. The first-order valence-corrected chi connectivity index (χ1v) is 9.87. The van der Waals surface area contributed by atoms with Crippen molar-refractivity contribution in [1.29, 1.82) is 0 Å². The maximum atomic E-state index is 3.69. The molecule has 3 aliphatic carbocycles. The first kappa shape index (κ1) is 15.7. The lowest BCUT2D eigenvalue weighted by Gasteiger charge is -2.34. The second-order valence-electron chi connectivity index (χ2n) is 7.98. The van der Waals surface area contributed by atoms with Crippen molar-refractivity contribution in [1.82, 2.24) is 0 Å². The van der Waals surface area contributed by atoms with Crippen molar-refractivity contribution in [3.63, 3.8) is 0 Å². The van der Waals surface area contributed by atoms with E-state index in [0.29, 0.717) is 11.8 Å². The zero-order valence-electron chi connectivity index (χ0n) is 15.0. The van der Waals surface area contributed by atoms with E-state index in [4.69, 9.17) is 0 Å². The van der Waals surface area contributed by atoms with Crippen molar-refractivity contribution in [2.75, 3.05) is 0 Å².